The van der Waals surface area contributed by atoms with Gasteiger partial charge in [-0.25, -0.2) is 0 Å². The first-order valence-corrected chi connectivity index (χ1v) is 35.3. The first-order chi connectivity index (χ1) is 20.0. The van der Waals surface area contributed by atoms with E-state index in [0.717, 1.165) is 21.2 Å². The molecule has 0 heterocycles. The molecule has 0 fully saturated rings. The van der Waals surface area contributed by atoms with Crippen molar-refractivity contribution in [3.8, 4) is 22.3 Å². The number of hydrogen-bond acceptors (Lipinski definition) is 0. The Hall–Kier alpha value is -2.90. The average molecular weight is 719 g/mol. The van der Waals surface area contributed by atoms with Crippen LogP contribution in [0.25, 0.3) is 34.4 Å². The molecule has 0 amide bonds. The molecule has 0 radical (unpaired) electrons. The zero-order valence-electron chi connectivity index (χ0n) is 26.6. The van der Waals surface area contributed by atoms with Crippen LogP contribution >= 0.6 is 0 Å². The van der Waals surface area contributed by atoms with Crippen molar-refractivity contribution in [2.45, 2.75) is 65.6 Å². The minimum absolute atomic E-state index is 0.320. The number of allylic oxidation sites excluding steroid dienone is 2. The second-order valence-electron chi connectivity index (χ2n) is 15.9. The van der Waals surface area contributed by atoms with Crippen LogP contribution in [-0.2, 0) is 27.9 Å². The number of aryl methyl sites for hydroxylation is 2. The number of rotatable bonds is 8. The van der Waals surface area contributed by atoms with Gasteiger partial charge in [0.1, 0.15) is 0 Å². The van der Waals surface area contributed by atoms with Gasteiger partial charge < -0.3 is 0 Å². The average Bonchev–Trinajstić information content (AvgIpc) is 3.69. The summed E-state index contributed by atoms with van der Waals surface area (Å²) in [5, 5.41) is 0. The van der Waals surface area contributed by atoms with Gasteiger partial charge in [0.15, 0.2) is 0 Å². The minimum atomic E-state index is -5.17. The maximum absolute atomic E-state index is 5.73. The van der Waals surface area contributed by atoms with Gasteiger partial charge >= 0.3 is 250 Å². The Morgan fingerprint density at radius 3 is 1.29 bits per heavy atom. The molecule has 4 aromatic rings. The van der Waals surface area contributed by atoms with E-state index in [0.29, 0.717) is 7.35 Å². The first-order valence-electron chi connectivity index (χ1n) is 16.3. The van der Waals surface area contributed by atoms with Crippen LogP contribution in [0.4, 0.5) is 0 Å². The fourth-order valence-corrected chi connectivity index (χ4v) is 38.0. The molecule has 2 atom stereocenters. The molecule has 216 valence electrons. The van der Waals surface area contributed by atoms with Crippen LogP contribution in [0.2, 0.25) is 17.7 Å². The fraction of sp³-hybridized carbons (Fsp3) is 0.293. The van der Waals surface area contributed by atoms with Gasteiger partial charge in [0, 0.05) is 0 Å². The summed E-state index contributed by atoms with van der Waals surface area (Å²) >= 11 is -5.17. The standard InChI is InChI=1S/2C17H15.2C2H5.2CH3.CH2.Hf/c2*1-2-13-7-3-4-10-15(13)17-12-6-9-14-8-5-11-16(14)17;2*1-2;;;;/h2*3-12H,2H2,1H3;2*1H2,2H3;2*1H3;1H2;. The van der Waals surface area contributed by atoms with Crippen LogP contribution in [0.5, 0.6) is 0 Å². The van der Waals surface area contributed by atoms with E-state index < -0.39 is 15.1 Å². The topological polar surface area (TPSA) is 0 Å². The Morgan fingerprint density at radius 2 is 0.905 bits per heavy atom. The third kappa shape index (κ3) is 3.78. The Kier molecular flexibility index (Phi) is 6.29. The van der Waals surface area contributed by atoms with Crippen LogP contribution in [-0.4, -0.2) is 4.26 Å². The Morgan fingerprint density at radius 1 is 0.524 bits per heavy atom. The normalized spacial score (nSPS) is 19.9. The van der Waals surface area contributed by atoms with Crippen molar-refractivity contribution in [3.05, 3.63) is 130 Å². The van der Waals surface area contributed by atoms with Gasteiger partial charge in [0.05, 0.1) is 0 Å². The zero-order chi connectivity index (χ0) is 29.9. The van der Waals surface area contributed by atoms with Gasteiger partial charge in [0.2, 0.25) is 0 Å². The van der Waals surface area contributed by atoms with Gasteiger partial charge in [-0.1, -0.05) is 0 Å². The van der Waals surface area contributed by atoms with Crippen molar-refractivity contribution in [3.63, 3.8) is 0 Å². The molecule has 0 saturated carbocycles. The molecule has 42 heavy (non-hydrogen) atoms. The molecular weight excluding hydrogens is 671 g/mol. The third-order valence-corrected chi connectivity index (χ3v) is 61.2. The van der Waals surface area contributed by atoms with E-state index in [1.807, 2.05) is 0 Å². The molecule has 0 aromatic heterocycles. The van der Waals surface area contributed by atoms with E-state index in [2.05, 4.69) is 146 Å². The van der Waals surface area contributed by atoms with E-state index in [1.165, 1.54) is 55.6 Å². The summed E-state index contributed by atoms with van der Waals surface area (Å²) in [6.45, 7) is 9.45. The Bertz CT molecular complexity index is 1780. The van der Waals surface area contributed by atoms with Crippen molar-refractivity contribution in [1.29, 1.82) is 0 Å². The summed E-state index contributed by atoms with van der Waals surface area (Å²) in [7, 11) is 0. The van der Waals surface area contributed by atoms with Crippen molar-refractivity contribution in [2.75, 3.05) is 0 Å². The molecule has 2 aliphatic carbocycles. The maximum atomic E-state index is 5.73. The molecular formula is C41H48Hf. The van der Waals surface area contributed by atoms with Gasteiger partial charge in [-0.15, -0.1) is 0 Å². The van der Waals surface area contributed by atoms with Crippen molar-refractivity contribution < 1.29 is 15.1 Å². The molecule has 0 spiro atoms. The van der Waals surface area contributed by atoms with E-state index in [4.69, 9.17) is 4.26 Å². The van der Waals surface area contributed by atoms with Gasteiger partial charge in [0.25, 0.3) is 0 Å². The second kappa shape index (κ2) is 9.06. The third-order valence-electron chi connectivity index (χ3n) is 13.4. The van der Waals surface area contributed by atoms with Crippen molar-refractivity contribution in [2.24, 2.45) is 0 Å². The summed E-state index contributed by atoms with van der Waals surface area (Å²) in [6, 6.07) is 32.0. The summed E-state index contributed by atoms with van der Waals surface area (Å²) in [5.74, 6) is 0. The molecule has 2 unspecified atom stereocenters. The molecule has 0 nitrogen and oxygen atoms in total. The van der Waals surface area contributed by atoms with E-state index in [1.54, 1.807) is 0 Å². The number of benzene rings is 4. The van der Waals surface area contributed by atoms with Crippen molar-refractivity contribution >= 4 is 16.4 Å². The summed E-state index contributed by atoms with van der Waals surface area (Å²) in [5.41, 5.74) is 14.1. The Labute approximate surface area is 248 Å². The monoisotopic (exact) mass is 720 g/mol. The SMILES string of the molecule is [CH2]=[Hf]([CH3])([CH3])([CH2]C)([CH2]C)([CH]1C=Cc2c(-c3ccccc3CC)cccc21)[CH]1C=Cc2c(-c3ccccc3CC)cccc21. The van der Waals surface area contributed by atoms with Gasteiger partial charge in [-0.05, 0) is 0 Å². The number of fused-ring (bicyclic) bond motifs is 2. The molecule has 6 rings (SSSR count). The quantitative estimate of drug-likeness (QED) is 0.159. The van der Waals surface area contributed by atoms with E-state index in [9.17, 15) is 0 Å². The predicted molar refractivity (Wildman–Crippen MR) is 186 cm³/mol. The molecule has 2 aliphatic rings. The van der Waals surface area contributed by atoms with Crippen LogP contribution in [0.3, 0.4) is 0 Å². The molecule has 0 aliphatic heterocycles. The molecule has 0 bridgehead atoms. The number of hydrogen-bond donors (Lipinski definition) is 0. The first kappa shape index (κ1) is 29.2. The summed E-state index contributed by atoms with van der Waals surface area (Å²) in [4.78, 5) is 0. The van der Waals surface area contributed by atoms with Crippen LogP contribution in [0.15, 0.2) is 97.1 Å². The van der Waals surface area contributed by atoms with E-state index >= 15 is 0 Å². The molecule has 0 N–H and O–H groups in total. The zero-order valence-corrected chi connectivity index (χ0v) is 30.2. The predicted octanol–water partition coefficient (Wildman–Crippen LogP) is 12.1. The van der Waals surface area contributed by atoms with E-state index in [-0.39, 0.29) is 0 Å². The summed E-state index contributed by atoms with van der Waals surface area (Å²) < 4.78 is 14.1. The van der Waals surface area contributed by atoms with Crippen LogP contribution in [0.1, 0.15) is 68.4 Å². The Balaban J connectivity index is 1.59. The van der Waals surface area contributed by atoms with Gasteiger partial charge in [-0.2, -0.15) is 0 Å². The summed E-state index contributed by atoms with van der Waals surface area (Å²) in [6.07, 6.45) is 12.1. The molecule has 0 saturated heterocycles. The second-order valence-corrected chi connectivity index (χ2v) is 68.0. The van der Waals surface area contributed by atoms with Crippen LogP contribution < -0.4 is 0 Å². The van der Waals surface area contributed by atoms with Crippen LogP contribution in [0, 0.1) is 0 Å². The van der Waals surface area contributed by atoms with Crippen molar-refractivity contribution in [1.82, 2.24) is 0 Å². The fourth-order valence-electron chi connectivity index (χ4n) is 9.01. The molecule has 1 heteroatoms. The van der Waals surface area contributed by atoms with Gasteiger partial charge in [-0.3, -0.25) is 0 Å². The molecule has 4 aromatic carbocycles.